The van der Waals surface area contributed by atoms with Gasteiger partial charge in [0.2, 0.25) is 0 Å². The second-order valence-corrected chi connectivity index (χ2v) is 7.23. The van der Waals surface area contributed by atoms with Crippen LogP contribution in [0.15, 0.2) is 23.5 Å². The normalized spacial score (nSPS) is 24.2. The van der Waals surface area contributed by atoms with Crippen molar-refractivity contribution in [3.05, 3.63) is 23.5 Å². The maximum atomic E-state index is 3.52. The number of unbranched alkanes of at least 4 members (excludes halogenated alkanes) is 1. The Hall–Kier alpha value is -0.920. The SMILES string of the molecule is CC1(C)C=C(CCCCC2=CC(C)(C)CN2)NC1. The molecule has 2 aliphatic heterocycles. The lowest BCUT2D eigenvalue weighted by atomic mass is 9.95. The Kier molecular flexibility index (Phi) is 3.74. The zero-order valence-corrected chi connectivity index (χ0v) is 12.4. The van der Waals surface area contributed by atoms with E-state index < -0.39 is 0 Å². The summed E-state index contributed by atoms with van der Waals surface area (Å²) in [6, 6.07) is 0. The molecular formula is C16H28N2. The number of hydrogen-bond acceptors (Lipinski definition) is 2. The van der Waals surface area contributed by atoms with Crippen LogP contribution in [0, 0.1) is 10.8 Å². The van der Waals surface area contributed by atoms with Crippen LogP contribution in [0.5, 0.6) is 0 Å². The van der Waals surface area contributed by atoms with Gasteiger partial charge in [-0.25, -0.2) is 0 Å². The average Bonchev–Trinajstić information content (AvgIpc) is 2.76. The van der Waals surface area contributed by atoms with E-state index in [1.165, 1.54) is 37.1 Å². The van der Waals surface area contributed by atoms with Crippen molar-refractivity contribution in [3.8, 4) is 0 Å². The number of rotatable bonds is 5. The molecule has 2 aliphatic rings. The highest BCUT2D eigenvalue weighted by Gasteiger charge is 2.23. The summed E-state index contributed by atoms with van der Waals surface area (Å²) in [6.45, 7) is 11.4. The van der Waals surface area contributed by atoms with E-state index in [0.717, 1.165) is 13.1 Å². The van der Waals surface area contributed by atoms with Gasteiger partial charge in [-0.3, -0.25) is 0 Å². The van der Waals surface area contributed by atoms with Crippen LogP contribution >= 0.6 is 0 Å². The first-order chi connectivity index (χ1) is 8.36. The zero-order chi connectivity index (χ0) is 13.2. The van der Waals surface area contributed by atoms with E-state index in [2.05, 4.69) is 50.5 Å². The Bertz CT molecular complexity index is 325. The second kappa shape index (κ2) is 4.99. The predicted molar refractivity (Wildman–Crippen MR) is 78.2 cm³/mol. The van der Waals surface area contributed by atoms with Crippen molar-refractivity contribution in [2.45, 2.75) is 53.4 Å². The van der Waals surface area contributed by atoms with Crippen LogP contribution in [-0.4, -0.2) is 13.1 Å². The summed E-state index contributed by atoms with van der Waals surface area (Å²) in [5.41, 5.74) is 3.62. The molecule has 0 aromatic rings. The lowest BCUT2D eigenvalue weighted by Crippen LogP contribution is -2.18. The minimum atomic E-state index is 0.356. The molecule has 0 radical (unpaired) electrons. The van der Waals surface area contributed by atoms with Gasteiger partial charge < -0.3 is 10.6 Å². The first-order valence-electron chi connectivity index (χ1n) is 7.28. The third kappa shape index (κ3) is 3.79. The summed E-state index contributed by atoms with van der Waals surface area (Å²) in [5, 5.41) is 7.04. The molecule has 0 aliphatic carbocycles. The summed E-state index contributed by atoms with van der Waals surface area (Å²) in [5.74, 6) is 0. The fraction of sp³-hybridized carbons (Fsp3) is 0.750. The maximum absolute atomic E-state index is 3.52. The summed E-state index contributed by atoms with van der Waals surface area (Å²) in [6.07, 6.45) is 9.80. The lowest BCUT2D eigenvalue weighted by molar-refractivity contribution is 0.494. The van der Waals surface area contributed by atoms with Crippen LogP contribution in [0.25, 0.3) is 0 Å². The summed E-state index contributed by atoms with van der Waals surface area (Å²) in [7, 11) is 0. The van der Waals surface area contributed by atoms with Crippen molar-refractivity contribution in [3.63, 3.8) is 0 Å². The summed E-state index contributed by atoms with van der Waals surface area (Å²) in [4.78, 5) is 0. The highest BCUT2D eigenvalue weighted by atomic mass is 14.9. The van der Waals surface area contributed by atoms with E-state index in [1.54, 1.807) is 0 Å². The maximum Gasteiger partial charge on any atom is 0.0230 e. The van der Waals surface area contributed by atoms with Gasteiger partial charge in [-0.2, -0.15) is 0 Å². The molecule has 2 N–H and O–H groups in total. The molecule has 0 amide bonds. The number of hydrogen-bond donors (Lipinski definition) is 2. The Labute approximate surface area is 112 Å². The van der Waals surface area contributed by atoms with Gasteiger partial charge in [-0.05, 0) is 25.7 Å². The molecule has 0 aromatic carbocycles. The third-order valence-corrected chi connectivity index (χ3v) is 3.81. The highest BCUT2D eigenvalue weighted by molar-refractivity contribution is 5.15. The molecule has 0 fully saturated rings. The molecule has 0 spiro atoms. The van der Waals surface area contributed by atoms with E-state index in [4.69, 9.17) is 0 Å². The fourth-order valence-electron chi connectivity index (χ4n) is 2.78. The second-order valence-electron chi connectivity index (χ2n) is 7.23. The first-order valence-corrected chi connectivity index (χ1v) is 7.28. The number of nitrogens with one attached hydrogen (secondary N) is 2. The zero-order valence-electron chi connectivity index (χ0n) is 12.4. The van der Waals surface area contributed by atoms with E-state index >= 15 is 0 Å². The van der Waals surface area contributed by atoms with Crippen LogP contribution in [0.2, 0.25) is 0 Å². The van der Waals surface area contributed by atoms with Gasteiger partial charge >= 0.3 is 0 Å². The predicted octanol–water partition coefficient (Wildman–Crippen LogP) is 3.57. The Balaban J connectivity index is 1.66. The third-order valence-electron chi connectivity index (χ3n) is 3.81. The molecule has 2 rings (SSSR count). The molecule has 0 saturated heterocycles. The monoisotopic (exact) mass is 248 g/mol. The molecule has 0 saturated carbocycles. The van der Waals surface area contributed by atoms with Crippen LogP contribution in [-0.2, 0) is 0 Å². The van der Waals surface area contributed by atoms with Crippen molar-refractivity contribution >= 4 is 0 Å². The minimum Gasteiger partial charge on any atom is -0.388 e. The topological polar surface area (TPSA) is 24.1 Å². The van der Waals surface area contributed by atoms with Gasteiger partial charge in [0.1, 0.15) is 0 Å². The first kappa shape index (κ1) is 13.5. The van der Waals surface area contributed by atoms with Gasteiger partial charge in [-0.1, -0.05) is 39.8 Å². The van der Waals surface area contributed by atoms with Crippen LogP contribution in [0.4, 0.5) is 0 Å². The molecule has 0 atom stereocenters. The van der Waals surface area contributed by atoms with Crippen LogP contribution < -0.4 is 10.6 Å². The van der Waals surface area contributed by atoms with Gasteiger partial charge in [0.05, 0.1) is 0 Å². The Morgan fingerprint density at radius 2 is 1.22 bits per heavy atom. The average molecular weight is 248 g/mol. The summed E-state index contributed by atoms with van der Waals surface area (Å²) >= 11 is 0. The molecule has 2 nitrogen and oxygen atoms in total. The highest BCUT2D eigenvalue weighted by Crippen LogP contribution is 2.27. The van der Waals surface area contributed by atoms with E-state index in [1.807, 2.05) is 0 Å². The van der Waals surface area contributed by atoms with Gasteiger partial charge in [0, 0.05) is 35.3 Å². The van der Waals surface area contributed by atoms with Crippen molar-refractivity contribution in [2.75, 3.05) is 13.1 Å². The molecule has 0 aromatic heterocycles. The van der Waals surface area contributed by atoms with E-state index in [0.29, 0.717) is 10.8 Å². The summed E-state index contributed by atoms with van der Waals surface area (Å²) < 4.78 is 0. The van der Waals surface area contributed by atoms with E-state index in [-0.39, 0.29) is 0 Å². The molecule has 0 unspecified atom stereocenters. The Morgan fingerprint density at radius 3 is 1.50 bits per heavy atom. The fourth-order valence-corrected chi connectivity index (χ4v) is 2.78. The largest absolute Gasteiger partial charge is 0.388 e. The smallest absolute Gasteiger partial charge is 0.0230 e. The molecule has 18 heavy (non-hydrogen) atoms. The molecular weight excluding hydrogens is 220 g/mol. The number of allylic oxidation sites excluding steroid dienone is 2. The van der Waals surface area contributed by atoms with Crippen molar-refractivity contribution in [1.29, 1.82) is 0 Å². The Morgan fingerprint density at radius 1 is 0.833 bits per heavy atom. The quantitative estimate of drug-likeness (QED) is 0.727. The van der Waals surface area contributed by atoms with Gasteiger partial charge in [-0.15, -0.1) is 0 Å². The van der Waals surface area contributed by atoms with Crippen molar-refractivity contribution < 1.29 is 0 Å². The van der Waals surface area contributed by atoms with Gasteiger partial charge in [0.15, 0.2) is 0 Å². The lowest BCUT2D eigenvalue weighted by Gasteiger charge is -2.11. The van der Waals surface area contributed by atoms with Crippen LogP contribution in [0.3, 0.4) is 0 Å². The van der Waals surface area contributed by atoms with Gasteiger partial charge in [0.25, 0.3) is 0 Å². The van der Waals surface area contributed by atoms with Crippen molar-refractivity contribution in [2.24, 2.45) is 10.8 Å². The molecule has 0 bridgehead atoms. The molecule has 102 valence electrons. The minimum absolute atomic E-state index is 0.356. The van der Waals surface area contributed by atoms with Crippen molar-refractivity contribution in [1.82, 2.24) is 10.6 Å². The van der Waals surface area contributed by atoms with E-state index in [9.17, 15) is 0 Å². The molecule has 2 heteroatoms. The van der Waals surface area contributed by atoms with Crippen LogP contribution in [0.1, 0.15) is 53.4 Å². The molecule has 2 heterocycles. The standard InChI is InChI=1S/C16H28N2/c1-15(2)9-13(17-11-15)7-5-6-8-14-10-16(3,4)12-18-14/h9-10,17-18H,5-8,11-12H2,1-4H3.